The molecule has 3 aromatic rings. The number of benzene rings is 1. The maximum atomic E-state index is 12.1. The highest BCUT2D eigenvalue weighted by molar-refractivity contribution is 5.43. The van der Waals surface area contributed by atoms with Crippen LogP contribution in [-0.2, 0) is 6.54 Å². The highest BCUT2D eigenvalue weighted by atomic mass is 19.4. The van der Waals surface area contributed by atoms with Crippen molar-refractivity contribution in [1.29, 1.82) is 0 Å². The smallest absolute Gasteiger partial charge is 0.422 e. The summed E-state index contributed by atoms with van der Waals surface area (Å²) in [6.45, 7) is -0.792. The molecule has 0 spiro atoms. The minimum atomic E-state index is -4.37. The van der Waals surface area contributed by atoms with Crippen molar-refractivity contribution in [2.75, 3.05) is 11.9 Å². The molecule has 5 nitrogen and oxygen atoms in total. The van der Waals surface area contributed by atoms with Gasteiger partial charge in [-0.3, -0.25) is 0 Å². The minimum absolute atomic E-state index is 0.0635. The fourth-order valence-electron chi connectivity index (χ4n) is 2.12. The molecule has 0 atom stereocenters. The molecule has 1 aromatic carbocycles. The Morgan fingerprint density at radius 3 is 2.48 bits per heavy atom. The third kappa shape index (κ3) is 4.97. The first-order valence-electron chi connectivity index (χ1n) is 7.48. The Labute approximate surface area is 142 Å². The Morgan fingerprint density at radius 1 is 1.08 bits per heavy atom. The molecule has 0 amide bonds. The van der Waals surface area contributed by atoms with Gasteiger partial charge in [-0.2, -0.15) is 18.3 Å². The molecular weight excluding hydrogens is 333 g/mol. The molecule has 3 rings (SSSR count). The summed E-state index contributed by atoms with van der Waals surface area (Å²) < 4.78 is 42.6. The number of aromatic nitrogens is 3. The molecule has 0 saturated heterocycles. The number of ether oxygens (including phenoxy) is 1. The van der Waals surface area contributed by atoms with Crippen LogP contribution in [0.5, 0.6) is 5.88 Å². The summed E-state index contributed by atoms with van der Waals surface area (Å²) in [4.78, 5) is 3.85. The van der Waals surface area contributed by atoms with Crippen LogP contribution in [0.4, 0.5) is 18.9 Å². The van der Waals surface area contributed by atoms with Crippen LogP contribution in [0.25, 0.3) is 5.69 Å². The van der Waals surface area contributed by atoms with E-state index in [1.807, 2.05) is 36.5 Å². The van der Waals surface area contributed by atoms with Gasteiger partial charge in [0.15, 0.2) is 6.61 Å². The molecule has 0 radical (unpaired) electrons. The lowest BCUT2D eigenvalue weighted by Gasteiger charge is -2.10. The van der Waals surface area contributed by atoms with Gasteiger partial charge in [-0.15, -0.1) is 0 Å². The first-order valence-corrected chi connectivity index (χ1v) is 7.48. The van der Waals surface area contributed by atoms with Gasteiger partial charge in [0.1, 0.15) is 0 Å². The monoisotopic (exact) mass is 348 g/mol. The number of nitrogens with one attached hydrogen (secondary N) is 1. The van der Waals surface area contributed by atoms with Gasteiger partial charge < -0.3 is 10.1 Å². The summed E-state index contributed by atoms with van der Waals surface area (Å²) in [5.41, 5.74) is 2.70. The Kier molecular flexibility index (Phi) is 4.87. The second-order valence-corrected chi connectivity index (χ2v) is 5.26. The first-order chi connectivity index (χ1) is 12.0. The van der Waals surface area contributed by atoms with E-state index in [0.717, 1.165) is 11.3 Å². The number of pyridine rings is 1. The average molecular weight is 348 g/mol. The van der Waals surface area contributed by atoms with Crippen molar-refractivity contribution in [3.05, 3.63) is 66.6 Å². The largest absolute Gasteiger partial charge is 0.468 e. The van der Waals surface area contributed by atoms with E-state index >= 15 is 0 Å². The van der Waals surface area contributed by atoms with E-state index in [-0.39, 0.29) is 5.88 Å². The quantitative estimate of drug-likeness (QED) is 0.736. The van der Waals surface area contributed by atoms with Crippen molar-refractivity contribution in [3.63, 3.8) is 0 Å². The van der Waals surface area contributed by atoms with Gasteiger partial charge in [0, 0.05) is 25.0 Å². The van der Waals surface area contributed by atoms with Crippen molar-refractivity contribution in [3.8, 4) is 11.6 Å². The number of alkyl halides is 3. The van der Waals surface area contributed by atoms with Gasteiger partial charge in [-0.05, 0) is 29.8 Å². The summed E-state index contributed by atoms with van der Waals surface area (Å²) in [6.07, 6.45) is 0.636. The summed E-state index contributed by atoms with van der Waals surface area (Å²) in [5.74, 6) is -0.0635. The zero-order valence-corrected chi connectivity index (χ0v) is 13.1. The molecule has 0 aliphatic heterocycles. The highest BCUT2D eigenvalue weighted by Gasteiger charge is 2.28. The molecule has 2 heterocycles. The number of rotatable bonds is 6. The zero-order chi connectivity index (χ0) is 17.7. The van der Waals surface area contributed by atoms with Gasteiger partial charge in [0.25, 0.3) is 0 Å². The van der Waals surface area contributed by atoms with Crippen LogP contribution in [0, 0.1) is 0 Å². The van der Waals surface area contributed by atoms with Crippen molar-refractivity contribution in [1.82, 2.24) is 14.8 Å². The van der Waals surface area contributed by atoms with Crippen LogP contribution in [0.2, 0.25) is 0 Å². The summed E-state index contributed by atoms with van der Waals surface area (Å²) in [6, 6.07) is 12.7. The molecule has 25 heavy (non-hydrogen) atoms. The molecule has 130 valence electrons. The van der Waals surface area contributed by atoms with Crippen molar-refractivity contribution in [2.45, 2.75) is 12.7 Å². The van der Waals surface area contributed by atoms with E-state index < -0.39 is 12.8 Å². The lowest BCUT2D eigenvalue weighted by atomic mass is 10.2. The molecular formula is C17H15F3N4O. The van der Waals surface area contributed by atoms with Crippen LogP contribution in [-0.4, -0.2) is 27.5 Å². The number of halogens is 3. The maximum Gasteiger partial charge on any atom is 0.422 e. The van der Waals surface area contributed by atoms with E-state index in [1.165, 1.54) is 12.3 Å². The predicted molar refractivity (Wildman–Crippen MR) is 86.7 cm³/mol. The maximum absolute atomic E-state index is 12.1. The molecule has 1 N–H and O–H groups in total. The topological polar surface area (TPSA) is 52.0 Å². The summed E-state index contributed by atoms with van der Waals surface area (Å²) in [5, 5.41) is 7.31. The summed E-state index contributed by atoms with van der Waals surface area (Å²) >= 11 is 0. The van der Waals surface area contributed by atoms with Gasteiger partial charge in [-0.25, -0.2) is 9.67 Å². The fraction of sp³-hybridized carbons (Fsp3) is 0.176. The SMILES string of the molecule is FC(F)(F)COc1ccc(NCc2ccc(-n3cccn3)cc2)cn1. The fourth-order valence-corrected chi connectivity index (χ4v) is 2.12. The Hall–Kier alpha value is -3.03. The van der Waals surface area contributed by atoms with E-state index in [9.17, 15) is 13.2 Å². The number of hydrogen-bond donors (Lipinski definition) is 1. The zero-order valence-electron chi connectivity index (χ0n) is 13.1. The lowest BCUT2D eigenvalue weighted by Crippen LogP contribution is -2.19. The third-order valence-electron chi connectivity index (χ3n) is 3.32. The van der Waals surface area contributed by atoms with Crippen LogP contribution in [0.15, 0.2) is 61.1 Å². The van der Waals surface area contributed by atoms with Crippen LogP contribution in [0.3, 0.4) is 0 Å². The second kappa shape index (κ2) is 7.25. The number of anilines is 1. The third-order valence-corrected chi connectivity index (χ3v) is 3.32. The Balaban J connectivity index is 1.53. The molecule has 8 heteroatoms. The van der Waals surface area contributed by atoms with Crippen molar-refractivity contribution < 1.29 is 17.9 Å². The van der Waals surface area contributed by atoms with E-state index in [2.05, 4.69) is 20.1 Å². The van der Waals surface area contributed by atoms with Crippen LogP contribution in [0.1, 0.15) is 5.56 Å². The first kappa shape index (κ1) is 16.8. The molecule has 0 unspecified atom stereocenters. The van der Waals surface area contributed by atoms with Gasteiger partial charge >= 0.3 is 6.18 Å². The van der Waals surface area contributed by atoms with E-state index in [1.54, 1.807) is 16.9 Å². The lowest BCUT2D eigenvalue weighted by molar-refractivity contribution is -0.154. The molecule has 0 fully saturated rings. The predicted octanol–water partition coefficient (Wildman–Crippen LogP) is 3.82. The average Bonchev–Trinajstić information content (AvgIpc) is 3.13. The van der Waals surface area contributed by atoms with Gasteiger partial charge in [0.2, 0.25) is 5.88 Å². The highest BCUT2D eigenvalue weighted by Crippen LogP contribution is 2.18. The number of nitrogens with zero attached hydrogens (tertiary/aromatic N) is 3. The van der Waals surface area contributed by atoms with E-state index in [4.69, 9.17) is 0 Å². The molecule has 0 aliphatic rings. The Bertz CT molecular complexity index is 784. The van der Waals surface area contributed by atoms with Crippen LogP contribution >= 0.6 is 0 Å². The standard InChI is InChI=1S/C17H15F3N4O/c18-17(19,20)12-25-16-7-4-14(11-22-16)21-10-13-2-5-15(6-3-13)24-9-1-8-23-24/h1-9,11,21H,10,12H2. The number of hydrogen-bond acceptors (Lipinski definition) is 4. The minimum Gasteiger partial charge on any atom is -0.468 e. The van der Waals surface area contributed by atoms with Gasteiger partial charge in [0.05, 0.1) is 17.6 Å². The van der Waals surface area contributed by atoms with Crippen molar-refractivity contribution >= 4 is 5.69 Å². The normalized spacial score (nSPS) is 11.3. The molecule has 0 aliphatic carbocycles. The molecule has 0 bridgehead atoms. The van der Waals surface area contributed by atoms with Crippen LogP contribution < -0.4 is 10.1 Å². The van der Waals surface area contributed by atoms with E-state index in [0.29, 0.717) is 12.2 Å². The van der Waals surface area contributed by atoms with Gasteiger partial charge in [-0.1, -0.05) is 12.1 Å². The molecule has 0 saturated carbocycles. The van der Waals surface area contributed by atoms with Crippen molar-refractivity contribution in [2.24, 2.45) is 0 Å². The molecule has 2 aromatic heterocycles. The Morgan fingerprint density at radius 2 is 1.88 bits per heavy atom. The second-order valence-electron chi connectivity index (χ2n) is 5.26. The summed E-state index contributed by atoms with van der Waals surface area (Å²) in [7, 11) is 0.